The van der Waals surface area contributed by atoms with Crippen molar-refractivity contribution in [3.05, 3.63) is 47.5 Å². The number of rotatable bonds is 2. The van der Waals surface area contributed by atoms with E-state index in [1.54, 1.807) is 6.07 Å². The summed E-state index contributed by atoms with van der Waals surface area (Å²) in [5, 5.41) is 0. The van der Waals surface area contributed by atoms with E-state index in [1.807, 2.05) is 0 Å². The molecule has 0 N–H and O–H groups in total. The number of carbonyl (C=O) groups excluding carboxylic acids is 1. The van der Waals surface area contributed by atoms with Gasteiger partial charge >= 0.3 is 12.1 Å². The van der Waals surface area contributed by atoms with Crippen LogP contribution in [0.15, 0.2) is 36.4 Å². The Bertz CT molecular complexity index is 606. The van der Waals surface area contributed by atoms with Gasteiger partial charge in [-0.3, -0.25) is 4.79 Å². The number of allylic oxidation sites excluding steroid dienone is 1. The quantitative estimate of drug-likeness (QED) is 0.613. The van der Waals surface area contributed by atoms with Gasteiger partial charge in [-0.1, -0.05) is 30.4 Å². The van der Waals surface area contributed by atoms with Crippen LogP contribution in [0.4, 0.5) is 13.2 Å². The molecule has 1 saturated carbocycles. The van der Waals surface area contributed by atoms with Gasteiger partial charge in [0.1, 0.15) is 0 Å². The zero-order chi connectivity index (χ0) is 15.3. The highest BCUT2D eigenvalue weighted by molar-refractivity contribution is 5.81. The van der Waals surface area contributed by atoms with Crippen molar-refractivity contribution < 1.29 is 22.7 Å². The number of ether oxygens (including phenoxy) is 1. The molecule has 5 heteroatoms. The fourth-order valence-electron chi connectivity index (χ4n) is 3.48. The zero-order valence-corrected chi connectivity index (χ0v) is 11.4. The molecule has 0 amide bonds. The van der Waals surface area contributed by atoms with Gasteiger partial charge in [-0.2, -0.15) is 13.2 Å². The molecular weight excluding hydrogens is 281 g/mol. The number of alkyl halides is 3. The molecule has 1 saturated heterocycles. The van der Waals surface area contributed by atoms with Gasteiger partial charge in [-0.05, 0) is 30.9 Å². The summed E-state index contributed by atoms with van der Waals surface area (Å²) in [5.41, 5.74) is 0.0875. The molecule has 2 fully saturated rings. The summed E-state index contributed by atoms with van der Waals surface area (Å²) in [6.45, 7) is 4.27. The van der Waals surface area contributed by atoms with Gasteiger partial charge in [0.2, 0.25) is 0 Å². The summed E-state index contributed by atoms with van der Waals surface area (Å²) in [6.07, 6.45) is -2.88. The van der Waals surface area contributed by atoms with Crippen LogP contribution in [0, 0.1) is 11.3 Å². The lowest BCUT2D eigenvalue weighted by molar-refractivity contribution is -0.146. The molecule has 112 valence electrons. The van der Waals surface area contributed by atoms with E-state index < -0.39 is 17.2 Å². The van der Waals surface area contributed by atoms with E-state index in [0.29, 0.717) is 25.0 Å². The lowest BCUT2D eigenvalue weighted by Crippen LogP contribution is -2.31. The highest BCUT2D eigenvalue weighted by Crippen LogP contribution is 2.52. The Balaban J connectivity index is 1.92. The lowest BCUT2D eigenvalue weighted by Gasteiger charge is -2.24. The number of halogens is 3. The highest BCUT2D eigenvalue weighted by Gasteiger charge is 2.56. The molecule has 2 aliphatic rings. The van der Waals surface area contributed by atoms with Gasteiger partial charge in [0.15, 0.2) is 0 Å². The number of carbonyl (C=O) groups is 1. The van der Waals surface area contributed by atoms with Crippen molar-refractivity contribution >= 4 is 5.97 Å². The van der Waals surface area contributed by atoms with E-state index in [2.05, 4.69) is 6.58 Å². The minimum atomic E-state index is -4.37. The van der Waals surface area contributed by atoms with Gasteiger partial charge in [-0.15, -0.1) is 0 Å². The van der Waals surface area contributed by atoms with Gasteiger partial charge in [0.25, 0.3) is 0 Å². The molecule has 0 radical (unpaired) electrons. The highest BCUT2D eigenvalue weighted by atomic mass is 19.4. The van der Waals surface area contributed by atoms with Gasteiger partial charge in [-0.25, -0.2) is 0 Å². The molecule has 2 nitrogen and oxygen atoms in total. The SMILES string of the molecule is C=C1CC2COC(=O)C2(Cc2cccc(C(F)(F)F)c2)C1. The molecule has 0 bridgehead atoms. The average molecular weight is 296 g/mol. The normalized spacial score (nSPS) is 28.6. The van der Waals surface area contributed by atoms with Crippen LogP contribution < -0.4 is 0 Å². The summed E-state index contributed by atoms with van der Waals surface area (Å²) >= 11 is 0. The Morgan fingerprint density at radius 3 is 2.86 bits per heavy atom. The molecule has 1 aliphatic carbocycles. The second kappa shape index (κ2) is 4.61. The number of benzene rings is 1. The number of cyclic esters (lactones) is 1. The molecule has 21 heavy (non-hydrogen) atoms. The molecule has 0 spiro atoms. The average Bonchev–Trinajstić information content (AvgIpc) is 2.85. The van der Waals surface area contributed by atoms with Gasteiger partial charge in [0.05, 0.1) is 17.6 Å². The Morgan fingerprint density at radius 1 is 1.38 bits per heavy atom. The summed E-state index contributed by atoms with van der Waals surface area (Å²) in [6, 6.07) is 5.18. The lowest BCUT2D eigenvalue weighted by atomic mass is 9.75. The van der Waals surface area contributed by atoms with Crippen molar-refractivity contribution in [2.45, 2.75) is 25.4 Å². The van der Waals surface area contributed by atoms with Crippen LogP contribution in [0.3, 0.4) is 0 Å². The Labute approximate surface area is 120 Å². The van der Waals surface area contributed by atoms with Crippen molar-refractivity contribution in [1.29, 1.82) is 0 Å². The maximum absolute atomic E-state index is 12.8. The molecule has 1 aromatic rings. The number of esters is 1. The Hall–Kier alpha value is -1.78. The van der Waals surface area contributed by atoms with E-state index in [-0.39, 0.29) is 18.3 Å². The predicted molar refractivity (Wildman–Crippen MR) is 70.4 cm³/mol. The van der Waals surface area contributed by atoms with Crippen LogP contribution in [0.1, 0.15) is 24.0 Å². The first-order valence-corrected chi connectivity index (χ1v) is 6.81. The maximum atomic E-state index is 12.8. The van der Waals surface area contributed by atoms with Crippen molar-refractivity contribution in [3.8, 4) is 0 Å². The van der Waals surface area contributed by atoms with E-state index in [1.165, 1.54) is 6.07 Å². The smallest absolute Gasteiger partial charge is 0.416 e. The minimum Gasteiger partial charge on any atom is -0.465 e. The molecule has 2 atom stereocenters. The van der Waals surface area contributed by atoms with Crippen LogP contribution in [-0.2, 0) is 22.1 Å². The van der Waals surface area contributed by atoms with Gasteiger partial charge in [0, 0.05) is 5.92 Å². The number of fused-ring (bicyclic) bond motifs is 1. The number of hydrogen-bond acceptors (Lipinski definition) is 2. The predicted octanol–water partition coefficient (Wildman–Crippen LogP) is 3.76. The summed E-state index contributed by atoms with van der Waals surface area (Å²) in [4.78, 5) is 12.1. The third kappa shape index (κ3) is 2.34. The van der Waals surface area contributed by atoms with E-state index in [9.17, 15) is 18.0 Å². The zero-order valence-electron chi connectivity index (χ0n) is 11.4. The van der Waals surface area contributed by atoms with Gasteiger partial charge < -0.3 is 4.74 Å². The van der Waals surface area contributed by atoms with Crippen LogP contribution in [0.2, 0.25) is 0 Å². The Kier molecular flexibility index (Phi) is 3.11. The molecule has 0 aromatic heterocycles. The third-order valence-electron chi connectivity index (χ3n) is 4.48. The molecule has 1 aromatic carbocycles. The van der Waals surface area contributed by atoms with Crippen molar-refractivity contribution in [2.24, 2.45) is 11.3 Å². The first-order chi connectivity index (χ1) is 9.81. The fourth-order valence-corrected chi connectivity index (χ4v) is 3.48. The summed E-state index contributed by atoms with van der Waals surface area (Å²) in [5.74, 6) is -0.268. The van der Waals surface area contributed by atoms with Crippen LogP contribution >= 0.6 is 0 Å². The largest absolute Gasteiger partial charge is 0.465 e. The minimum absolute atomic E-state index is 0.0343. The van der Waals surface area contributed by atoms with E-state index in [0.717, 1.165) is 17.7 Å². The summed E-state index contributed by atoms with van der Waals surface area (Å²) in [7, 11) is 0. The molecule has 1 heterocycles. The topological polar surface area (TPSA) is 26.3 Å². The molecule has 2 unspecified atom stereocenters. The monoisotopic (exact) mass is 296 g/mol. The maximum Gasteiger partial charge on any atom is 0.416 e. The second-order valence-electron chi connectivity index (χ2n) is 5.96. The fraction of sp³-hybridized carbons (Fsp3) is 0.438. The number of hydrogen-bond donors (Lipinski definition) is 0. The van der Waals surface area contributed by atoms with Crippen molar-refractivity contribution in [2.75, 3.05) is 6.61 Å². The van der Waals surface area contributed by atoms with Crippen LogP contribution in [0.5, 0.6) is 0 Å². The second-order valence-corrected chi connectivity index (χ2v) is 5.96. The van der Waals surface area contributed by atoms with E-state index in [4.69, 9.17) is 4.74 Å². The molecular formula is C16H15F3O2. The van der Waals surface area contributed by atoms with Crippen molar-refractivity contribution in [1.82, 2.24) is 0 Å². The first kappa shape index (κ1) is 14.2. The van der Waals surface area contributed by atoms with Crippen LogP contribution in [0.25, 0.3) is 0 Å². The summed E-state index contributed by atoms with van der Waals surface area (Å²) < 4.78 is 43.5. The van der Waals surface area contributed by atoms with E-state index >= 15 is 0 Å². The standard InChI is InChI=1S/C16H15F3O2/c1-10-5-13-9-21-14(20)15(13,7-10)8-11-3-2-4-12(6-11)16(17,18)19/h2-4,6,13H,1,5,7-9H2. The first-order valence-electron chi connectivity index (χ1n) is 6.81. The van der Waals surface area contributed by atoms with Crippen LogP contribution in [-0.4, -0.2) is 12.6 Å². The Morgan fingerprint density at radius 2 is 2.14 bits per heavy atom. The molecule has 3 rings (SSSR count). The molecule has 1 aliphatic heterocycles. The van der Waals surface area contributed by atoms with Crippen molar-refractivity contribution in [3.63, 3.8) is 0 Å². The third-order valence-corrected chi connectivity index (χ3v) is 4.48.